The number of aliphatic carboxylic acids is 1. The molecular formula is C13H19NO4. The van der Waals surface area contributed by atoms with E-state index in [-0.39, 0.29) is 12.3 Å². The number of hydrogen-bond acceptors (Lipinski definition) is 4. The van der Waals surface area contributed by atoms with E-state index in [2.05, 4.69) is 5.32 Å². The van der Waals surface area contributed by atoms with Gasteiger partial charge in [0.05, 0.1) is 5.60 Å². The summed E-state index contributed by atoms with van der Waals surface area (Å²) in [5, 5.41) is 30.6. The maximum absolute atomic E-state index is 11.1. The van der Waals surface area contributed by atoms with E-state index in [1.165, 1.54) is 12.1 Å². The number of nitrogens with one attached hydrogen (secondary N) is 1. The molecule has 0 aromatic heterocycles. The second kappa shape index (κ2) is 5.84. The van der Waals surface area contributed by atoms with Crippen LogP contribution in [0.1, 0.15) is 19.4 Å². The number of aliphatic hydroxyl groups is 1. The van der Waals surface area contributed by atoms with Crippen molar-refractivity contribution in [3.05, 3.63) is 29.8 Å². The topological polar surface area (TPSA) is 89.8 Å². The molecule has 1 aromatic carbocycles. The van der Waals surface area contributed by atoms with Gasteiger partial charge in [0, 0.05) is 6.54 Å². The Labute approximate surface area is 106 Å². The molecule has 0 amide bonds. The first-order chi connectivity index (χ1) is 8.28. The third-order valence-electron chi connectivity index (χ3n) is 2.46. The number of carbonyl (C=O) groups is 1. The van der Waals surface area contributed by atoms with Crippen molar-refractivity contribution >= 4 is 5.97 Å². The van der Waals surface area contributed by atoms with Gasteiger partial charge in [-0.25, -0.2) is 0 Å². The summed E-state index contributed by atoms with van der Waals surface area (Å²) in [4.78, 5) is 11.1. The number of carboxylic acid groups (broad SMARTS) is 1. The fraction of sp³-hybridized carbons (Fsp3) is 0.462. The number of phenolic OH excluding ortho intramolecular Hbond substituents is 1. The maximum atomic E-state index is 11.1. The normalized spacial score (nSPS) is 13.3. The molecule has 1 rings (SSSR count). The molecule has 0 fully saturated rings. The van der Waals surface area contributed by atoms with E-state index in [4.69, 9.17) is 10.2 Å². The summed E-state index contributed by atoms with van der Waals surface area (Å²) in [7, 11) is 0. The zero-order chi connectivity index (χ0) is 13.8. The molecule has 0 aliphatic rings. The minimum atomic E-state index is -0.965. The molecule has 0 heterocycles. The van der Waals surface area contributed by atoms with Crippen molar-refractivity contribution in [1.82, 2.24) is 5.32 Å². The van der Waals surface area contributed by atoms with Crippen LogP contribution in [0.4, 0.5) is 0 Å². The Kier molecular flexibility index (Phi) is 4.69. The second-order valence-electron chi connectivity index (χ2n) is 4.95. The largest absolute Gasteiger partial charge is 0.508 e. The van der Waals surface area contributed by atoms with E-state index >= 15 is 0 Å². The van der Waals surface area contributed by atoms with Crippen LogP contribution in [-0.2, 0) is 11.2 Å². The highest BCUT2D eigenvalue weighted by Gasteiger charge is 2.21. The molecule has 0 unspecified atom stereocenters. The van der Waals surface area contributed by atoms with Gasteiger partial charge in [0.25, 0.3) is 0 Å². The summed E-state index contributed by atoms with van der Waals surface area (Å²) in [6.45, 7) is 3.42. The van der Waals surface area contributed by atoms with Crippen molar-refractivity contribution in [2.24, 2.45) is 0 Å². The lowest BCUT2D eigenvalue weighted by Gasteiger charge is -2.21. The van der Waals surface area contributed by atoms with Crippen LogP contribution in [0, 0.1) is 0 Å². The number of aromatic hydroxyl groups is 1. The molecule has 5 nitrogen and oxygen atoms in total. The maximum Gasteiger partial charge on any atom is 0.321 e. The summed E-state index contributed by atoms with van der Waals surface area (Å²) in [5.41, 5.74) is -0.147. The van der Waals surface area contributed by atoms with E-state index in [0.717, 1.165) is 5.56 Å². The zero-order valence-corrected chi connectivity index (χ0v) is 10.6. The third-order valence-corrected chi connectivity index (χ3v) is 2.46. The Balaban J connectivity index is 2.63. The smallest absolute Gasteiger partial charge is 0.321 e. The van der Waals surface area contributed by atoms with Crippen molar-refractivity contribution in [3.8, 4) is 5.75 Å². The van der Waals surface area contributed by atoms with Gasteiger partial charge in [-0.05, 0) is 38.0 Å². The molecule has 0 saturated carbocycles. The van der Waals surface area contributed by atoms with Crippen molar-refractivity contribution < 1.29 is 20.1 Å². The van der Waals surface area contributed by atoms with Crippen LogP contribution in [-0.4, -0.2) is 39.5 Å². The Morgan fingerprint density at radius 3 is 2.33 bits per heavy atom. The predicted octanol–water partition coefficient (Wildman–Crippen LogP) is 0.748. The van der Waals surface area contributed by atoms with Gasteiger partial charge in [-0.15, -0.1) is 0 Å². The quantitative estimate of drug-likeness (QED) is 0.600. The number of phenols is 1. The van der Waals surface area contributed by atoms with Crippen molar-refractivity contribution in [2.45, 2.75) is 31.9 Å². The highest BCUT2D eigenvalue weighted by Crippen LogP contribution is 2.11. The van der Waals surface area contributed by atoms with Gasteiger partial charge in [0.15, 0.2) is 0 Å². The van der Waals surface area contributed by atoms with Crippen LogP contribution in [0.5, 0.6) is 5.75 Å². The lowest BCUT2D eigenvalue weighted by molar-refractivity contribution is -0.139. The Hall–Kier alpha value is -1.59. The van der Waals surface area contributed by atoms with E-state index < -0.39 is 17.6 Å². The van der Waals surface area contributed by atoms with Gasteiger partial charge in [-0.3, -0.25) is 4.79 Å². The van der Waals surface area contributed by atoms with E-state index in [1.54, 1.807) is 26.0 Å². The van der Waals surface area contributed by atoms with Gasteiger partial charge in [0.1, 0.15) is 11.8 Å². The number of carboxylic acids is 1. The molecule has 5 heteroatoms. The fourth-order valence-corrected chi connectivity index (χ4v) is 1.49. The first-order valence-electron chi connectivity index (χ1n) is 5.74. The molecule has 0 radical (unpaired) electrons. The number of hydrogen-bond donors (Lipinski definition) is 4. The molecule has 4 N–H and O–H groups in total. The van der Waals surface area contributed by atoms with E-state index in [1.807, 2.05) is 0 Å². The average Bonchev–Trinajstić information content (AvgIpc) is 2.25. The van der Waals surface area contributed by atoms with Gasteiger partial charge in [-0.2, -0.15) is 0 Å². The van der Waals surface area contributed by atoms with Gasteiger partial charge in [-0.1, -0.05) is 12.1 Å². The van der Waals surface area contributed by atoms with Crippen LogP contribution < -0.4 is 5.32 Å². The van der Waals surface area contributed by atoms with Crippen molar-refractivity contribution in [2.75, 3.05) is 6.54 Å². The molecule has 18 heavy (non-hydrogen) atoms. The van der Waals surface area contributed by atoms with Crippen LogP contribution in [0.2, 0.25) is 0 Å². The third kappa shape index (κ3) is 5.16. The Bertz CT molecular complexity index is 394. The highest BCUT2D eigenvalue weighted by molar-refractivity contribution is 5.73. The van der Waals surface area contributed by atoms with Crippen LogP contribution in [0.3, 0.4) is 0 Å². The van der Waals surface area contributed by atoms with Gasteiger partial charge >= 0.3 is 5.97 Å². The minimum absolute atomic E-state index is 0.148. The second-order valence-corrected chi connectivity index (χ2v) is 4.95. The molecule has 100 valence electrons. The molecule has 0 bridgehead atoms. The van der Waals surface area contributed by atoms with Gasteiger partial charge in [0.2, 0.25) is 0 Å². The first-order valence-corrected chi connectivity index (χ1v) is 5.74. The fourth-order valence-electron chi connectivity index (χ4n) is 1.49. The molecule has 0 spiro atoms. The molecule has 1 atom stereocenters. The van der Waals surface area contributed by atoms with E-state index in [0.29, 0.717) is 6.42 Å². The molecule has 0 aliphatic carbocycles. The first kappa shape index (κ1) is 14.5. The standard InChI is InChI=1S/C13H19NO4/c1-13(2,18)8-14-11(12(16)17)7-9-3-5-10(15)6-4-9/h3-6,11,14-15,18H,7-8H2,1-2H3,(H,16,17)/t11-/m0/s1. The zero-order valence-electron chi connectivity index (χ0n) is 10.6. The number of benzene rings is 1. The van der Waals surface area contributed by atoms with Crippen LogP contribution in [0.15, 0.2) is 24.3 Å². The molecular weight excluding hydrogens is 234 g/mol. The molecule has 1 aromatic rings. The molecule has 0 saturated heterocycles. The monoisotopic (exact) mass is 253 g/mol. The predicted molar refractivity (Wildman–Crippen MR) is 67.5 cm³/mol. The molecule has 0 aliphatic heterocycles. The van der Waals surface area contributed by atoms with E-state index in [9.17, 15) is 9.90 Å². The summed E-state index contributed by atoms with van der Waals surface area (Å²) < 4.78 is 0. The lowest BCUT2D eigenvalue weighted by atomic mass is 10.0. The average molecular weight is 253 g/mol. The van der Waals surface area contributed by atoms with Crippen molar-refractivity contribution in [3.63, 3.8) is 0 Å². The highest BCUT2D eigenvalue weighted by atomic mass is 16.4. The van der Waals surface area contributed by atoms with Crippen molar-refractivity contribution in [1.29, 1.82) is 0 Å². The van der Waals surface area contributed by atoms with Crippen LogP contribution >= 0.6 is 0 Å². The van der Waals surface area contributed by atoms with Gasteiger partial charge < -0.3 is 20.6 Å². The summed E-state index contributed by atoms with van der Waals surface area (Å²) in [6.07, 6.45) is 0.297. The number of rotatable bonds is 6. The summed E-state index contributed by atoms with van der Waals surface area (Å²) in [5.74, 6) is -0.817. The SMILES string of the molecule is CC(C)(O)CN[C@@H](Cc1ccc(O)cc1)C(=O)O. The Morgan fingerprint density at radius 2 is 1.89 bits per heavy atom. The summed E-state index contributed by atoms with van der Waals surface area (Å²) in [6, 6.07) is 5.63. The Morgan fingerprint density at radius 1 is 1.33 bits per heavy atom. The lowest BCUT2D eigenvalue weighted by Crippen LogP contribution is -2.45. The van der Waals surface area contributed by atoms with Crippen LogP contribution in [0.25, 0.3) is 0 Å². The minimum Gasteiger partial charge on any atom is -0.508 e. The summed E-state index contributed by atoms with van der Waals surface area (Å²) >= 11 is 0.